The molecule has 2 rings (SSSR count). The number of hydrogen-bond donors (Lipinski definition) is 1. The van der Waals surface area contributed by atoms with Crippen LogP contribution >= 0.6 is 0 Å². The van der Waals surface area contributed by atoms with Crippen LogP contribution in [-0.2, 0) is 11.3 Å². The second-order valence-electron chi connectivity index (χ2n) is 5.12. The van der Waals surface area contributed by atoms with Crippen LogP contribution in [0.4, 0.5) is 0 Å². The van der Waals surface area contributed by atoms with Gasteiger partial charge < -0.3 is 14.6 Å². The maximum absolute atomic E-state index is 10.2. The lowest BCUT2D eigenvalue weighted by molar-refractivity contribution is 0.116. The van der Waals surface area contributed by atoms with Gasteiger partial charge in [0.25, 0.3) is 0 Å². The van der Waals surface area contributed by atoms with Gasteiger partial charge in [0.05, 0.1) is 26.4 Å². The van der Waals surface area contributed by atoms with Crippen LogP contribution in [0, 0.1) is 0 Å². The molecule has 0 aromatic heterocycles. The van der Waals surface area contributed by atoms with Crippen LogP contribution in [0.15, 0.2) is 66.7 Å². The van der Waals surface area contributed by atoms with Crippen molar-refractivity contribution in [2.24, 2.45) is 0 Å². The molecule has 0 aliphatic rings. The average Bonchev–Trinajstić information content (AvgIpc) is 2.59. The van der Waals surface area contributed by atoms with Crippen molar-refractivity contribution < 1.29 is 14.6 Å². The van der Waals surface area contributed by atoms with Crippen LogP contribution < -0.4 is 4.74 Å². The number of aliphatic hydroxyl groups excluding tert-OH is 1. The maximum Gasteiger partial charge on any atom is 0.118 e. The van der Waals surface area contributed by atoms with E-state index in [0.29, 0.717) is 19.6 Å². The van der Waals surface area contributed by atoms with Crippen molar-refractivity contribution in [1.82, 2.24) is 0 Å². The summed E-state index contributed by atoms with van der Waals surface area (Å²) in [5, 5.41) is 10.2. The monoisotopic (exact) mass is 298 g/mol. The minimum absolute atomic E-state index is 0.536. The summed E-state index contributed by atoms with van der Waals surface area (Å²) in [4.78, 5) is 0. The fourth-order valence-corrected chi connectivity index (χ4v) is 2.12. The van der Waals surface area contributed by atoms with E-state index in [4.69, 9.17) is 9.47 Å². The van der Waals surface area contributed by atoms with Crippen LogP contribution in [0.2, 0.25) is 0 Å². The van der Waals surface area contributed by atoms with Gasteiger partial charge in [-0.1, -0.05) is 49.0 Å². The lowest BCUT2D eigenvalue weighted by Gasteiger charge is -2.14. The second kappa shape index (κ2) is 8.37. The Bertz CT molecular complexity index is 575. The molecule has 0 bridgehead atoms. The van der Waals surface area contributed by atoms with E-state index in [0.717, 1.165) is 22.4 Å². The first-order chi connectivity index (χ1) is 10.7. The highest BCUT2D eigenvalue weighted by Crippen LogP contribution is 2.22. The van der Waals surface area contributed by atoms with Gasteiger partial charge in [-0.05, 0) is 35.3 Å². The molecule has 22 heavy (non-hydrogen) atoms. The molecule has 3 nitrogen and oxygen atoms in total. The third kappa shape index (κ3) is 4.72. The molecular formula is C19H22O3. The lowest BCUT2D eigenvalue weighted by atomic mass is 10.0. The van der Waals surface area contributed by atoms with Gasteiger partial charge >= 0.3 is 0 Å². The molecule has 0 fully saturated rings. The van der Waals surface area contributed by atoms with Gasteiger partial charge in [-0.25, -0.2) is 0 Å². The predicted octanol–water partition coefficient (Wildman–Crippen LogP) is 3.89. The Labute approximate surface area is 131 Å². The Morgan fingerprint density at radius 2 is 1.77 bits per heavy atom. The van der Waals surface area contributed by atoms with E-state index >= 15 is 0 Å². The maximum atomic E-state index is 10.2. The average molecular weight is 298 g/mol. The molecule has 0 radical (unpaired) electrons. The van der Waals surface area contributed by atoms with Crippen molar-refractivity contribution in [2.45, 2.75) is 19.1 Å². The quantitative estimate of drug-likeness (QED) is 0.593. The topological polar surface area (TPSA) is 38.7 Å². The summed E-state index contributed by atoms with van der Waals surface area (Å²) in [5.74, 6) is 0.836. The molecule has 3 heteroatoms. The SMILES string of the molecule is C=C(CCOCc1ccc(OC)cc1)C(O)c1ccccc1. The molecule has 1 N–H and O–H groups in total. The molecular weight excluding hydrogens is 276 g/mol. The van der Waals surface area contributed by atoms with Gasteiger partial charge in [-0.3, -0.25) is 0 Å². The highest BCUT2D eigenvalue weighted by atomic mass is 16.5. The van der Waals surface area contributed by atoms with E-state index in [9.17, 15) is 5.11 Å². The smallest absolute Gasteiger partial charge is 0.118 e. The Kier molecular flexibility index (Phi) is 6.19. The first-order valence-corrected chi connectivity index (χ1v) is 7.32. The standard InChI is InChI=1S/C19H22O3/c1-15(19(20)17-6-4-3-5-7-17)12-13-22-14-16-8-10-18(21-2)11-9-16/h3-11,19-20H,1,12-14H2,2H3. The third-order valence-electron chi connectivity index (χ3n) is 3.50. The number of rotatable bonds is 8. The minimum Gasteiger partial charge on any atom is -0.497 e. The molecule has 1 atom stereocenters. The molecule has 0 saturated heterocycles. The molecule has 0 heterocycles. The van der Waals surface area contributed by atoms with Crippen LogP contribution in [0.25, 0.3) is 0 Å². The Morgan fingerprint density at radius 3 is 2.41 bits per heavy atom. The van der Waals surface area contributed by atoms with Crippen molar-refractivity contribution in [3.63, 3.8) is 0 Å². The zero-order valence-electron chi connectivity index (χ0n) is 12.9. The zero-order chi connectivity index (χ0) is 15.8. The Balaban J connectivity index is 1.72. The minimum atomic E-state index is -0.634. The van der Waals surface area contributed by atoms with E-state index in [1.165, 1.54) is 0 Å². The number of methoxy groups -OCH3 is 1. The molecule has 2 aromatic carbocycles. The van der Waals surface area contributed by atoms with Crippen LogP contribution in [0.1, 0.15) is 23.7 Å². The van der Waals surface area contributed by atoms with Gasteiger partial charge in [-0.2, -0.15) is 0 Å². The molecule has 0 spiro atoms. The van der Waals surface area contributed by atoms with Gasteiger partial charge in [0, 0.05) is 0 Å². The lowest BCUT2D eigenvalue weighted by Crippen LogP contribution is -2.04. The van der Waals surface area contributed by atoms with E-state index in [-0.39, 0.29) is 0 Å². The fourth-order valence-electron chi connectivity index (χ4n) is 2.12. The number of ether oxygens (including phenoxy) is 2. The normalized spacial score (nSPS) is 11.9. The van der Waals surface area contributed by atoms with Gasteiger partial charge in [0.15, 0.2) is 0 Å². The van der Waals surface area contributed by atoms with Crippen molar-refractivity contribution >= 4 is 0 Å². The van der Waals surface area contributed by atoms with Gasteiger partial charge in [-0.15, -0.1) is 0 Å². The van der Waals surface area contributed by atoms with Gasteiger partial charge in [0.1, 0.15) is 5.75 Å². The molecule has 0 saturated carbocycles. The van der Waals surface area contributed by atoms with Crippen molar-refractivity contribution in [3.05, 3.63) is 77.9 Å². The highest BCUT2D eigenvalue weighted by molar-refractivity contribution is 5.27. The summed E-state index contributed by atoms with van der Waals surface area (Å²) < 4.78 is 10.8. The number of aliphatic hydroxyl groups is 1. The second-order valence-corrected chi connectivity index (χ2v) is 5.12. The van der Waals surface area contributed by atoms with Crippen LogP contribution in [0.5, 0.6) is 5.75 Å². The third-order valence-corrected chi connectivity index (χ3v) is 3.50. The molecule has 116 valence electrons. The summed E-state index contributed by atoms with van der Waals surface area (Å²) in [7, 11) is 1.65. The Morgan fingerprint density at radius 1 is 1.09 bits per heavy atom. The van der Waals surface area contributed by atoms with Crippen molar-refractivity contribution in [3.8, 4) is 5.75 Å². The Hall–Kier alpha value is -2.10. The summed E-state index contributed by atoms with van der Waals surface area (Å²) in [6.07, 6.45) is -0.00236. The summed E-state index contributed by atoms with van der Waals surface area (Å²) in [6.45, 7) is 5.03. The van der Waals surface area contributed by atoms with Crippen LogP contribution in [-0.4, -0.2) is 18.8 Å². The first-order valence-electron chi connectivity index (χ1n) is 7.32. The molecule has 2 aromatic rings. The number of benzene rings is 2. The van der Waals surface area contributed by atoms with E-state index in [1.54, 1.807) is 7.11 Å². The summed E-state index contributed by atoms with van der Waals surface area (Å²) in [5.41, 5.74) is 2.72. The van der Waals surface area contributed by atoms with Crippen molar-refractivity contribution in [2.75, 3.05) is 13.7 Å². The largest absolute Gasteiger partial charge is 0.497 e. The highest BCUT2D eigenvalue weighted by Gasteiger charge is 2.10. The predicted molar refractivity (Wildman–Crippen MR) is 87.8 cm³/mol. The zero-order valence-corrected chi connectivity index (χ0v) is 12.9. The molecule has 0 aliphatic heterocycles. The molecule has 0 amide bonds. The van der Waals surface area contributed by atoms with Crippen LogP contribution in [0.3, 0.4) is 0 Å². The summed E-state index contributed by atoms with van der Waals surface area (Å²) in [6, 6.07) is 17.3. The van der Waals surface area contributed by atoms with E-state index in [2.05, 4.69) is 6.58 Å². The fraction of sp³-hybridized carbons (Fsp3) is 0.263. The van der Waals surface area contributed by atoms with Crippen molar-refractivity contribution in [1.29, 1.82) is 0 Å². The van der Waals surface area contributed by atoms with Gasteiger partial charge in [0.2, 0.25) is 0 Å². The molecule has 1 unspecified atom stereocenters. The molecule has 0 aliphatic carbocycles. The summed E-state index contributed by atoms with van der Waals surface area (Å²) >= 11 is 0. The van der Waals surface area contributed by atoms with E-state index in [1.807, 2.05) is 54.6 Å². The number of hydrogen-bond acceptors (Lipinski definition) is 3. The van der Waals surface area contributed by atoms with E-state index < -0.39 is 6.10 Å². The first kappa shape index (κ1) is 16.3.